The molecule has 3 nitrogen and oxygen atoms in total. The minimum atomic E-state index is -0.577. The Hall–Kier alpha value is -1.19. The van der Waals surface area contributed by atoms with Crippen molar-refractivity contribution in [3.05, 3.63) is 36.2 Å². The fourth-order valence-corrected chi connectivity index (χ4v) is 0.763. The Morgan fingerprint density at radius 1 is 1.58 bits per heavy atom. The lowest BCUT2D eigenvalue weighted by Gasteiger charge is -1.98. The predicted molar refractivity (Wildman–Crippen MR) is 48.3 cm³/mol. The van der Waals surface area contributed by atoms with E-state index < -0.39 is 6.10 Å². The normalized spacial score (nSPS) is 13.5. The lowest BCUT2D eigenvalue weighted by atomic mass is 10.2. The standard InChI is InChI=1S/C9H12N2O/c10-7-9(12)5-4-8-3-1-2-6-11-8/h1-6,9,12H,7,10H2/b5-4+. The number of aliphatic hydroxyl groups excluding tert-OH is 1. The fourth-order valence-electron chi connectivity index (χ4n) is 0.763. The maximum atomic E-state index is 9.08. The van der Waals surface area contributed by atoms with E-state index in [1.54, 1.807) is 18.3 Å². The molecule has 0 aromatic carbocycles. The van der Waals surface area contributed by atoms with Crippen LogP contribution >= 0.6 is 0 Å². The van der Waals surface area contributed by atoms with E-state index >= 15 is 0 Å². The fraction of sp³-hybridized carbons (Fsp3) is 0.222. The van der Waals surface area contributed by atoms with Crippen molar-refractivity contribution in [2.75, 3.05) is 6.54 Å². The predicted octanol–water partition coefficient (Wildman–Crippen LogP) is 0.414. The Bertz CT molecular complexity index is 246. The van der Waals surface area contributed by atoms with Crippen LogP contribution in [-0.4, -0.2) is 22.7 Å². The van der Waals surface area contributed by atoms with Crippen molar-refractivity contribution < 1.29 is 5.11 Å². The highest BCUT2D eigenvalue weighted by Crippen LogP contribution is 1.97. The molecular weight excluding hydrogens is 152 g/mol. The van der Waals surface area contributed by atoms with Gasteiger partial charge in [-0.2, -0.15) is 0 Å². The van der Waals surface area contributed by atoms with Gasteiger partial charge >= 0.3 is 0 Å². The molecule has 0 aliphatic rings. The van der Waals surface area contributed by atoms with Crippen molar-refractivity contribution in [2.45, 2.75) is 6.10 Å². The molecule has 12 heavy (non-hydrogen) atoms. The summed E-state index contributed by atoms with van der Waals surface area (Å²) in [5, 5.41) is 9.08. The molecule has 1 heterocycles. The van der Waals surface area contributed by atoms with Gasteiger partial charge in [0.1, 0.15) is 0 Å². The van der Waals surface area contributed by atoms with Crippen molar-refractivity contribution in [1.82, 2.24) is 4.98 Å². The molecule has 0 fully saturated rings. The Balaban J connectivity index is 2.58. The maximum Gasteiger partial charge on any atom is 0.0846 e. The van der Waals surface area contributed by atoms with Crippen molar-refractivity contribution in [3.63, 3.8) is 0 Å². The first-order chi connectivity index (χ1) is 5.83. The molecule has 0 bridgehead atoms. The number of pyridine rings is 1. The van der Waals surface area contributed by atoms with Gasteiger partial charge in [0.15, 0.2) is 0 Å². The third-order valence-corrected chi connectivity index (χ3v) is 1.42. The Morgan fingerprint density at radius 3 is 3.00 bits per heavy atom. The average molecular weight is 164 g/mol. The topological polar surface area (TPSA) is 59.1 Å². The van der Waals surface area contributed by atoms with Crippen LogP contribution in [0.5, 0.6) is 0 Å². The SMILES string of the molecule is NCC(O)/C=C/c1ccccn1. The molecule has 1 atom stereocenters. The second-order valence-corrected chi connectivity index (χ2v) is 2.42. The molecule has 0 amide bonds. The molecule has 3 N–H and O–H groups in total. The summed E-state index contributed by atoms with van der Waals surface area (Å²) in [5.41, 5.74) is 6.04. The smallest absolute Gasteiger partial charge is 0.0846 e. The van der Waals surface area contributed by atoms with E-state index in [9.17, 15) is 0 Å². The highest BCUT2D eigenvalue weighted by molar-refractivity contribution is 5.44. The second kappa shape index (κ2) is 4.64. The molecular formula is C9H12N2O. The highest BCUT2D eigenvalue weighted by Gasteiger charge is 1.92. The molecule has 1 unspecified atom stereocenters. The molecule has 64 valence electrons. The number of nitrogens with two attached hydrogens (primary N) is 1. The van der Waals surface area contributed by atoms with Gasteiger partial charge in [-0.1, -0.05) is 12.1 Å². The lowest BCUT2D eigenvalue weighted by Crippen LogP contribution is -2.16. The number of rotatable bonds is 3. The van der Waals surface area contributed by atoms with Gasteiger partial charge in [-0.3, -0.25) is 4.98 Å². The number of hydrogen-bond acceptors (Lipinski definition) is 3. The summed E-state index contributed by atoms with van der Waals surface area (Å²) in [6.45, 7) is 0.239. The van der Waals surface area contributed by atoms with E-state index in [2.05, 4.69) is 4.98 Å². The molecule has 1 aromatic rings. The van der Waals surface area contributed by atoms with Gasteiger partial charge in [0.2, 0.25) is 0 Å². The molecule has 0 spiro atoms. The summed E-state index contributed by atoms with van der Waals surface area (Å²) in [6.07, 6.45) is 4.50. The minimum Gasteiger partial charge on any atom is -0.388 e. The summed E-state index contributed by atoms with van der Waals surface area (Å²) in [4.78, 5) is 4.05. The monoisotopic (exact) mass is 164 g/mol. The summed E-state index contributed by atoms with van der Waals surface area (Å²) in [5.74, 6) is 0. The van der Waals surface area contributed by atoms with E-state index in [1.165, 1.54) is 0 Å². The van der Waals surface area contributed by atoms with Crippen LogP contribution in [0.2, 0.25) is 0 Å². The van der Waals surface area contributed by atoms with Crippen LogP contribution in [-0.2, 0) is 0 Å². The van der Waals surface area contributed by atoms with Gasteiger partial charge in [0, 0.05) is 12.7 Å². The Kier molecular flexibility index (Phi) is 3.44. The van der Waals surface area contributed by atoms with Gasteiger partial charge in [0.05, 0.1) is 11.8 Å². The Labute approximate surface area is 71.6 Å². The van der Waals surface area contributed by atoms with Crippen LogP contribution in [0.3, 0.4) is 0 Å². The van der Waals surface area contributed by atoms with Crippen LogP contribution in [0.15, 0.2) is 30.5 Å². The van der Waals surface area contributed by atoms with Crippen LogP contribution in [0.1, 0.15) is 5.69 Å². The summed E-state index contributed by atoms with van der Waals surface area (Å²) >= 11 is 0. The molecule has 0 saturated heterocycles. The summed E-state index contributed by atoms with van der Waals surface area (Å²) in [7, 11) is 0. The van der Waals surface area contributed by atoms with Crippen molar-refractivity contribution >= 4 is 6.08 Å². The Morgan fingerprint density at radius 2 is 2.42 bits per heavy atom. The zero-order valence-electron chi connectivity index (χ0n) is 6.72. The zero-order chi connectivity index (χ0) is 8.81. The average Bonchev–Trinajstić information content (AvgIpc) is 2.16. The molecule has 0 aliphatic heterocycles. The third kappa shape index (κ3) is 2.82. The van der Waals surface area contributed by atoms with Gasteiger partial charge < -0.3 is 10.8 Å². The lowest BCUT2D eigenvalue weighted by molar-refractivity contribution is 0.232. The highest BCUT2D eigenvalue weighted by atomic mass is 16.3. The third-order valence-electron chi connectivity index (χ3n) is 1.42. The summed E-state index contributed by atoms with van der Waals surface area (Å²) < 4.78 is 0. The van der Waals surface area contributed by atoms with Crippen LogP contribution < -0.4 is 5.73 Å². The van der Waals surface area contributed by atoms with E-state index in [0.717, 1.165) is 5.69 Å². The van der Waals surface area contributed by atoms with E-state index in [1.807, 2.05) is 18.2 Å². The molecule has 0 saturated carbocycles. The van der Waals surface area contributed by atoms with Crippen LogP contribution in [0, 0.1) is 0 Å². The molecule has 1 rings (SSSR count). The summed E-state index contributed by atoms with van der Waals surface area (Å²) in [6, 6.07) is 5.60. The molecule has 3 heteroatoms. The maximum absolute atomic E-state index is 9.08. The minimum absolute atomic E-state index is 0.239. The van der Waals surface area contributed by atoms with Gasteiger partial charge in [-0.15, -0.1) is 0 Å². The van der Waals surface area contributed by atoms with Crippen molar-refractivity contribution in [2.24, 2.45) is 5.73 Å². The zero-order valence-corrected chi connectivity index (χ0v) is 6.72. The number of aromatic nitrogens is 1. The van der Waals surface area contributed by atoms with E-state index in [-0.39, 0.29) is 6.54 Å². The van der Waals surface area contributed by atoms with Gasteiger partial charge in [0.25, 0.3) is 0 Å². The quantitative estimate of drug-likeness (QED) is 0.680. The van der Waals surface area contributed by atoms with Crippen LogP contribution in [0.4, 0.5) is 0 Å². The molecule has 1 aromatic heterocycles. The van der Waals surface area contributed by atoms with Gasteiger partial charge in [-0.05, 0) is 18.2 Å². The first-order valence-corrected chi connectivity index (χ1v) is 3.80. The largest absolute Gasteiger partial charge is 0.388 e. The first-order valence-electron chi connectivity index (χ1n) is 3.80. The number of hydrogen-bond donors (Lipinski definition) is 2. The van der Waals surface area contributed by atoms with Crippen molar-refractivity contribution in [3.8, 4) is 0 Å². The molecule has 0 aliphatic carbocycles. The van der Waals surface area contributed by atoms with Crippen molar-refractivity contribution in [1.29, 1.82) is 0 Å². The van der Waals surface area contributed by atoms with Crippen LogP contribution in [0.25, 0.3) is 6.08 Å². The molecule has 0 radical (unpaired) electrons. The first kappa shape index (κ1) is 8.90. The van der Waals surface area contributed by atoms with E-state index in [4.69, 9.17) is 10.8 Å². The second-order valence-electron chi connectivity index (χ2n) is 2.42. The number of nitrogens with zero attached hydrogens (tertiary/aromatic N) is 1. The van der Waals surface area contributed by atoms with Gasteiger partial charge in [-0.25, -0.2) is 0 Å². The van der Waals surface area contributed by atoms with E-state index in [0.29, 0.717) is 0 Å². The number of aliphatic hydroxyl groups is 1.